The number of rotatable bonds is 3. The Kier molecular flexibility index (Phi) is 5.10. The summed E-state index contributed by atoms with van der Waals surface area (Å²) in [6, 6.07) is 18.0. The number of alkyl halides is 1. The third-order valence-corrected chi connectivity index (χ3v) is 4.30. The highest BCUT2D eigenvalue weighted by Crippen LogP contribution is 2.36. The topological polar surface area (TPSA) is 29.5 Å². The highest BCUT2D eigenvalue weighted by molar-refractivity contribution is 5.91. The first-order chi connectivity index (χ1) is 12.1. The van der Waals surface area contributed by atoms with Crippen molar-refractivity contribution in [3.8, 4) is 0 Å². The van der Waals surface area contributed by atoms with Crippen LogP contribution in [0.3, 0.4) is 0 Å². The van der Waals surface area contributed by atoms with Gasteiger partial charge in [-0.1, -0.05) is 67.2 Å². The van der Waals surface area contributed by atoms with Gasteiger partial charge in [-0.3, -0.25) is 9.63 Å². The van der Waals surface area contributed by atoms with Crippen molar-refractivity contribution >= 4 is 12.0 Å². The molecule has 3 atom stereocenters. The van der Waals surface area contributed by atoms with E-state index in [-0.39, 0.29) is 5.91 Å². The first-order valence-electron chi connectivity index (χ1n) is 8.18. The molecule has 0 spiro atoms. The summed E-state index contributed by atoms with van der Waals surface area (Å²) in [7, 11) is 0. The Morgan fingerprint density at radius 3 is 2.36 bits per heavy atom. The molecule has 1 fully saturated rings. The fourth-order valence-electron chi connectivity index (χ4n) is 2.76. The van der Waals surface area contributed by atoms with E-state index in [2.05, 4.69) is 6.58 Å². The lowest BCUT2D eigenvalue weighted by molar-refractivity contribution is -0.238. The number of nitrogens with zero attached hydrogens (tertiary/aromatic N) is 1. The minimum Gasteiger partial charge on any atom is -0.267 e. The van der Waals surface area contributed by atoms with E-state index in [9.17, 15) is 9.18 Å². The number of benzene rings is 2. The van der Waals surface area contributed by atoms with Crippen molar-refractivity contribution in [3.05, 3.63) is 90.0 Å². The molecule has 1 heterocycles. The second kappa shape index (κ2) is 7.45. The minimum absolute atomic E-state index is 0.335. The number of hydroxylamine groups is 2. The van der Waals surface area contributed by atoms with Gasteiger partial charge in [0.15, 0.2) is 6.17 Å². The fourth-order valence-corrected chi connectivity index (χ4v) is 2.76. The van der Waals surface area contributed by atoms with Gasteiger partial charge in [0.1, 0.15) is 6.10 Å². The second-order valence-electron chi connectivity index (χ2n) is 6.00. The molecule has 0 saturated carbocycles. The molecule has 25 heavy (non-hydrogen) atoms. The van der Waals surface area contributed by atoms with Crippen LogP contribution < -0.4 is 0 Å². The molecule has 3 nitrogen and oxygen atoms in total. The lowest BCUT2D eigenvalue weighted by atomic mass is 9.94. The minimum atomic E-state index is -1.36. The normalized spacial score (nSPS) is 23.8. The molecular formula is C21H20FNO2. The van der Waals surface area contributed by atoms with E-state index >= 15 is 0 Å². The molecule has 0 bridgehead atoms. The van der Waals surface area contributed by atoms with Gasteiger partial charge in [-0.25, -0.2) is 9.45 Å². The van der Waals surface area contributed by atoms with Gasteiger partial charge in [0.25, 0.3) is 5.91 Å². The average Bonchev–Trinajstić information content (AvgIpc) is 2.66. The van der Waals surface area contributed by atoms with Crippen LogP contribution in [0.25, 0.3) is 6.08 Å². The molecule has 0 aromatic heterocycles. The number of hydrogen-bond acceptors (Lipinski definition) is 2. The third kappa shape index (κ3) is 3.69. The molecule has 1 amide bonds. The summed E-state index contributed by atoms with van der Waals surface area (Å²) < 4.78 is 14.7. The fraction of sp³-hybridized carbons (Fsp3) is 0.190. The molecule has 1 aliphatic rings. The summed E-state index contributed by atoms with van der Waals surface area (Å²) in [5.74, 6) is -0.342. The number of halogens is 1. The highest BCUT2D eigenvalue weighted by atomic mass is 19.1. The monoisotopic (exact) mass is 337 g/mol. The van der Waals surface area contributed by atoms with Gasteiger partial charge in [-0.2, -0.15) is 0 Å². The van der Waals surface area contributed by atoms with Crippen molar-refractivity contribution in [1.29, 1.82) is 0 Å². The number of hydrogen-bond donors (Lipinski definition) is 0. The molecule has 2 aromatic carbocycles. The van der Waals surface area contributed by atoms with E-state index in [1.807, 2.05) is 48.5 Å². The molecule has 0 aliphatic carbocycles. The van der Waals surface area contributed by atoms with E-state index < -0.39 is 18.3 Å². The number of carbonyl (C=O) groups is 1. The van der Waals surface area contributed by atoms with Crippen molar-refractivity contribution in [2.24, 2.45) is 0 Å². The molecule has 2 aromatic rings. The van der Waals surface area contributed by atoms with Crippen LogP contribution in [0.2, 0.25) is 0 Å². The van der Waals surface area contributed by atoms with Gasteiger partial charge >= 0.3 is 0 Å². The zero-order valence-electron chi connectivity index (χ0n) is 14.0. The molecule has 4 heteroatoms. The Labute approximate surface area is 147 Å². The maximum absolute atomic E-state index is 14.7. The van der Waals surface area contributed by atoms with Crippen molar-refractivity contribution < 1.29 is 14.0 Å². The summed E-state index contributed by atoms with van der Waals surface area (Å²) in [4.78, 5) is 18.3. The molecular weight excluding hydrogens is 317 g/mol. The lowest BCUT2D eigenvalue weighted by Gasteiger charge is -2.40. The SMILES string of the molecule is C=C1[C@@H](C)N(C(=O)/C=C/c2ccccc2)O[C@@H](c2ccccc2)[C@H]1F. The van der Waals surface area contributed by atoms with E-state index in [0.717, 1.165) is 5.56 Å². The maximum atomic E-state index is 14.7. The molecule has 0 unspecified atom stereocenters. The van der Waals surface area contributed by atoms with E-state index in [0.29, 0.717) is 11.1 Å². The van der Waals surface area contributed by atoms with Crippen LogP contribution in [0.1, 0.15) is 24.2 Å². The van der Waals surface area contributed by atoms with Crippen LogP contribution in [0.4, 0.5) is 4.39 Å². The van der Waals surface area contributed by atoms with Crippen molar-refractivity contribution in [3.63, 3.8) is 0 Å². The predicted octanol–water partition coefficient (Wildman–Crippen LogP) is 4.50. The van der Waals surface area contributed by atoms with E-state index in [4.69, 9.17) is 4.84 Å². The zero-order valence-corrected chi connectivity index (χ0v) is 14.0. The highest BCUT2D eigenvalue weighted by Gasteiger charge is 2.40. The van der Waals surface area contributed by atoms with Crippen LogP contribution in [0.5, 0.6) is 0 Å². The number of amides is 1. The van der Waals surface area contributed by atoms with E-state index in [1.165, 1.54) is 11.1 Å². The molecule has 3 rings (SSSR count). The van der Waals surface area contributed by atoms with Gasteiger partial charge in [-0.05, 0) is 29.7 Å². The van der Waals surface area contributed by atoms with E-state index in [1.54, 1.807) is 25.1 Å². The van der Waals surface area contributed by atoms with Gasteiger partial charge in [0.2, 0.25) is 0 Å². The summed E-state index contributed by atoms with van der Waals surface area (Å²) in [5.41, 5.74) is 1.91. The van der Waals surface area contributed by atoms with Gasteiger partial charge in [0.05, 0.1) is 6.04 Å². The summed E-state index contributed by atoms with van der Waals surface area (Å²) in [6.45, 7) is 5.54. The Bertz CT molecular complexity index is 773. The zero-order chi connectivity index (χ0) is 17.8. The first kappa shape index (κ1) is 17.1. The van der Waals surface area contributed by atoms with Crippen molar-refractivity contribution in [2.75, 3.05) is 0 Å². The van der Waals surface area contributed by atoms with Gasteiger partial charge in [0, 0.05) is 6.08 Å². The quantitative estimate of drug-likeness (QED) is 0.610. The number of carbonyl (C=O) groups excluding carboxylic acids is 1. The third-order valence-electron chi connectivity index (χ3n) is 4.30. The molecule has 128 valence electrons. The van der Waals surface area contributed by atoms with Crippen LogP contribution in [0.15, 0.2) is 78.9 Å². The predicted molar refractivity (Wildman–Crippen MR) is 96.1 cm³/mol. The van der Waals surface area contributed by atoms with Crippen LogP contribution in [0, 0.1) is 0 Å². The Morgan fingerprint density at radius 1 is 1.12 bits per heavy atom. The maximum Gasteiger partial charge on any atom is 0.270 e. The largest absolute Gasteiger partial charge is 0.270 e. The van der Waals surface area contributed by atoms with Crippen LogP contribution in [-0.4, -0.2) is 23.2 Å². The second-order valence-corrected chi connectivity index (χ2v) is 6.00. The molecule has 1 aliphatic heterocycles. The summed E-state index contributed by atoms with van der Waals surface area (Å²) in [6.07, 6.45) is 0.901. The first-order valence-corrected chi connectivity index (χ1v) is 8.18. The van der Waals surface area contributed by atoms with Gasteiger partial charge < -0.3 is 0 Å². The lowest BCUT2D eigenvalue weighted by Crippen LogP contribution is -2.48. The Hall–Kier alpha value is -2.72. The Balaban J connectivity index is 1.81. The average molecular weight is 337 g/mol. The van der Waals surface area contributed by atoms with Crippen LogP contribution in [-0.2, 0) is 9.63 Å². The standard InChI is InChI=1S/C21H20FNO2/c1-15-16(2)23(19(24)14-13-17-9-5-3-6-10-17)25-21(20(15)22)18-11-7-4-8-12-18/h3-14,16,20-21H,1H2,2H3/b14-13+/t16-,20+,21+/m1/s1. The molecule has 0 radical (unpaired) electrons. The smallest absolute Gasteiger partial charge is 0.267 e. The summed E-state index contributed by atoms with van der Waals surface area (Å²) >= 11 is 0. The van der Waals surface area contributed by atoms with Crippen molar-refractivity contribution in [1.82, 2.24) is 5.06 Å². The van der Waals surface area contributed by atoms with Gasteiger partial charge in [-0.15, -0.1) is 0 Å². The summed E-state index contributed by atoms with van der Waals surface area (Å²) in [5, 5.41) is 1.20. The molecule has 1 saturated heterocycles. The van der Waals surface area contributed by atoms with Crippen LogP contribution >= 0.6 is 0 Å². The Morgan fingerprint density at radius 2 is 1.72 bits per heavy atom. The van der Waals surface area contributed by atoms with Crippen molar-refractivity contribution in [2.45, 2.75) is 25.2 Å². The molecule has 0 N–H and O–H groups in total.